The highest BCUT2D eigenvalue weighted by Gasteiger charge is 2.30. The van der Waals surface area contributed by atoms with Gasteiger partial charge >= 0.3 is 16.3 Å². The molecular formula is C65H82O9P2S5. The first-order valence-corrected chi connectivity index (χ1v) is 35.5. The second-order valence-corrected chi connectivity index (χ2v) is 27.4. The highest BCUT2D eigenvalue weighted by atomic mass is 32.1. The van der Waals surface area contributed by atoms with E-state index in [1.165, 1.54) is 48.3 Å². The molecule has 0 spiro atoms. The van der Waals surface area contributed by atoms with E-state index in [4.69, 9.17) is 27.8 Å². The number of carbonyl (C=O) groups excluding carboxylic acids is 1. The number of aldehydes is 1. The summed E-state index contributed by atoms with van der Waals surface area (Å²) in [5.41, 5.74) is 5.57. The van der Waals surface area contributed by atoms with Crippen LogP contribution in [-0.2, 0) is 45.3 Å². The molecule has 7 rings (SSSR count). The van der Waals surface area contributed by atoms with Gasteiger partial charge < -0.3 is 28.1 Å². The topological polar surface area (TPSA) is 107 Å². The van der Waals surface area contributed by atoms with Gasteiger partial charge in [0.1, 0.15) is 22.4 Å². The predicted octanol–water partition coefficient (Wildman–Crippen LogP) is 21.4. The van der Waals surface area contributed by atoms with Gasteiger partial charge in [0, 0.05) is 76.2 Å². The molecule has 7 aromatic rings. The van der Waals surface area contributed by atoms with Gasteiger partial charge in [-0.3, -0.25) is 9.09 Å². The third-order valence-electron chi connectivity index (χ3n) is 13.2. The van der Waals surface area contributed by atoms with Crippen LogP contribution in [0.5, 0.6) is 11.5 Å². The van der Waals surface area contributed by atoms with Gasteiger partial charge in [0.05, 0.1) is 37.9 Å². The highest BCUT2D eigenvalue weighted by molar-refractivity contribution is 7.69. The molecule has 0 unspecified atom stereocenters. The van der Waals surface area contributed by atoms with E-state index < -0.39 is 16.3 Å². The van der Waals surface area contributed by atoms with Crippen LogP contribution in [0.2, 0.25) is 0 Å². The van der Waals surface area contributed by atoms with Crippen molar-refractivity contribution in [3.63, 3.8) is 0 Å². The van der Waals surface area contributed by atoms with Gasteiger partial charge in [-0.25, -0.2) is 4.57 Å². The Bertz CT molecular complexity index is 3090. The Balaban J connectivity index is 0.00000202. The van der Waals surface area contributed by atoms with E-state index >= 15 is 0 Å². The van der Waals surface area contributed by atoms with E-state index in [1.807, 2.05) is 39.8 Å². The smallest absolute Gasteiger partial charge is 0.371 e. The van der Waals surface area contributed by atoms with E-state index in [0.29, 0.717) is 17.8 Å². The summed E-state index contributed by atoms with van der Waals surface area (Å²) >= 11 is 8.20. The summed E-state index contributed by atoms with van der Waals surface area (Å²) in [6, 6.07) is 29.4. The van der Waals surface area contributed by atoms with Crippen molar-refractivity contribution in [3.05, 3.63) is 101 Å². The van der Waals surface area contributed by atoms with Crippen LogP contribution >= 0.6 is 73.0 Å². The second kappa shape index (κ2) is 36.6. The maximum atomic E-state index is 13.9. The van der Waals surface area contributed by atoms with Crippen molar-refractivity contribution < 1.29 is 41.7 Å². The van der Waals surface area contributed by atoms with Gasteiger partial charge in [0.25, 0.3) is 0 Å². The number of thiophene rings is 5. The fourth-order valence-electron chi connectivity index (χ4n) is 9.08. The van der Waals surface area contributed by atoms with Crippen LogP contribution in [0.15, 0.2) is 84.9 Å². The molecule has 0 saturated carbocycles. The molecule has 16 heteroatoms. The molecule has 0 amide bonds. The molecule has 0 aliphatic rings. The maximum absolute atomic E-state index is 13.9. The standard InChI is InChI=1S/C61H72O8P2S5.C4H10O/c1-6-11-14-17-18-19-20-21-24-46-25-26-57(72-46)58-30-27-53(73-58)47-40-45(43-67-70-63)48(39-44(47)35-36-62)54-28-31-59(74-54)60-32-29-55(75-60)49-41-52(66-38-23-16-13-8-3)50(42-51(49)65-37-22-15-12-7-2)56-33-34-61(76-56)71(64,68-9-4)69-10-5;1-3-5-4-2/h25-34,36,39-42H,6-20,22-23,35,37-38,43H2,1-5H3;3-4H2,1-2H3. The molecule has 2 aromatic carbocycles. The average Bonchev–Trinajstić information content (AvgIpc) is 4.57. The summed E-state index contributed by atoms with van der Waals surface area (Å²) in [4.78, 5) is 21.9. The Kier molecular flexibility index (Phi) is 29.9. The lowest BCUT2D eigenvalue weighted by atomic mass is 9.95. The first kappa shape index (κ1) is 66.1. The van der Waals surface area contributed by atoms with Crippen LogP contribution in [0.3, 0.4) is 0 Å². The molecule has 0 bridgehead atoms. The Morgan fingerprint density at radius 1 is 0.494 bits per heavy atom. The fraction of sp³-hybridized carbons (Fsp3) is 0.462. The van der Waals surface area contributed by atoms with Gasteiger partial charge in [-0.1, -0.05) is 103 Å². The lowest BCUT2D eigenvalue weighted by molar-refractivity contribution is -0.107. The molecule has 0 N–H and O–H groups in total. The van der Waals surface area contributed by atoms with Crippen molar-refractivity contribution in [3.8, 4) is 84.6 Å². The highest BCUT2D eigenvalue weighted by Crippen LogP contribution is 2.52. The summed E-state index contributed by atoms with van der Waals surface area (Å²) in [6.45, 7) is 17.8. The summed E-state index contributed by atoms with van der Waals surface area (Å²) in [5, 5.41) is 0. The minimum Gasteiger partial charge on any atom is -0.493 e. The van der Waals surface area contributed by atoms with Crippen molar-refractivity contribution in [1.82, 2.24) is 0 Å². The predicted molar refractivity (Wildman–Crippen MR) is 347 cm³/mol. The summed E-state index contributed by atoms with van der Waals surface area (Å²) < 4.78 is 61.5. The number of hydrogen-bond donors (Lipinski definition) is 0. The summed E-state index contributed by atoms with van der Waals surface area (Å²) in [5.74, 6) is 8.29. The molecule has 5 aromatic heterocycles. The summed E-state index contributed by atoms with van der Waals surface area (Å²) in [6.07, 6.45) is 18.4. The SMILES string of the molecule is CCCCCCCCC#Cc1ccc(-c2ccc(-c3cc(COP=O)c(-c4ccc(-c5ccc(-c6cc(OCCCCCC)c(-c7ccc(P(=O)(OCC)OCC)s7)cc6OCCCCCC)s5)s4)cc3CC=O)s2)s1.CCOCC. The number of rotatable bonds is 36. The van der Waals surface area contributed by atoms with Crippen molar-refractivity contribution >= 4 is 83.9 Å². The van der Waals surface area contributed by atoms with Gasteiger partial charge in [0.15, 0.2) is 0 Å². The zero-order valence-electron chi connectivity index (χ0n) is 48.5. The number of unbranched alkanes of at least 4 members (excludes halogenated alkanes) is 12. The average molecular weight is 1230 g/mol. The largest absolute Gasteiger partial charge is 0.493 e. The Hall–Kier alpha value is -4.06. The van der Waals surface area contributed by atoms with Crippen LogP contribution in [-0.4, -0.2) is 45.9 Å². The maximum Gasteiger partial charge on any atom is 0.371 e. The van der Waals surface area contributed by atoms with Crippen molar-refractivity contribution in [1.29, 1.82) is 0 Å². The van der Waals surface area contributed by atoms with Crippen LogP contribution in [0.4, 0.5) is 0 Å². The first-order chi connectivity index (χ1) is 39.7. The molecule has 5 heterocycles. The third-order valence-corrected chi connectivity index (χ3v) is 21.9. The molecule has 0 aliphatic carbocycles. The van der Waals surface area contributed by atoms with Crippen molar-refractivity contribution in [2.24, 2.45) is 0 Å². The Morgan fingerprint density at radius 2 is 0.951 bits per heavy atom. The lowest BCUT2D eigenvalue weighted by Gasteiger charge is -2.17. The number of ether oxygens (including phenoxy) is 3. The Labute approximate surface area is 505 Å². The molecule has 0 aliphatic heterocycles. The van der Waals surface area contributed by atoms with Gasteiger partial charge in [-0.05, 0) is 154 Å². The van der Waals surface area contributed by atoms with E-state index in [1.54, 1.807) is 45.3 Å². The minimum atomic E-state index is -3.49. The molecule has 0 atom stereocenters. The monoisotopic (exact) mass is 1230 g/mol. The van der Waals surface area contributed by atoms with E-state index in [9.17, 15) is 13.9 Å². The minimum absolute atomic E-state index is 0.139. The van der Waals surface area contributed by atoms with E-state index in [2.05, 4.69) is 105 Å². The van der Waals surface area contributed by atoms with Crippen LogP contribution in [0, 0.1) is 11.8 Å². The van der Waals surface area contributed by atoms with Crippen LogP contribution in [0.1, 0.15) is 161 Å². The lowest BCUT2D eigenvalue weighted by Crippen LogP contribution is -2.06. The first-order valence-electron chi connectivity index (χ1n) is 29.1. The number of carbonyl (C=O) groups is 1. The molecule has 436 valence electrons. The van der Waals surface area contributed by atoms with Crippen LogP contribution < -0.4 is 14.1 Å². The molecule has 0 fully saturated rings. The van der Waals surface area contributed by atoms with E-state index in [0.717, 1.165) is 168 Å². The van der Waals surface area contributed by atoms with Gasteiger partial charge in [-0.15, -0.1) is 56.7 Å². The second-order valence-electron chi connectivity index (χ2n) is 19.3. The number of hydrogen-bond acceptors (Lipinski definition) is 14. The van der Waals surface area contributed by atoms with Crippen molar-refractivity contribution in [2.75, 3.05) is 39.6 Å². The summed E-state index contributed by atoms with van der Waals surface area (Å²) in [7, 11) is -3.89. The normalized spacial score (nSPS) is 11.4. The molecule has 81 heavy (non-hydrogen) atoms. The third kappa shape index (κ3) is 20.0. The molecule has 0 radical (unpaired) electrons. The van der Waals surface area contributed by atoms with E-state index in [-0.39, 0.29) is 26.2 Å². The fourth-order valence-corrected chi connectivity index (χ4v) is 16.6. The zero-order valence-corrected chi connectivity index (χ0v) is 54.4. The molecular weight excluding hydrogens is 1150 g/mol. The quantitative estimate of drug-likeness (QED) is 0.0164. The van der Waals surface area contributed by atoms with Gasteiger partial charge in [0.2, 0.25) is 0 Å². The van der Waals surface area contributed by atoms with Crippen molar-refractivity contribution in [2.45, 2.75) is 158 Å². The number of benzene rings is 2. The molecule has 9 nitrogen and oxygen atoms in total. The van der Waals surface area contributed by atoms with Gasteiger partial charge in [-0.2, -0.15) is 0 Å². The zero-order chi connectivity index (χ0) is 57.7. The van der Waals surface area contributed by atoms with Crippen LogP contribution in [0.25, 0.3) is 61.3 Å². The Morgan fingerprint density at radius 3 is 1.47 bits per heavy atom. The molecule has 0 saturated heterocycles.